The predicted octanol–water partition coefficient (Wildman–Crippen LogP) is 3.05. The first kappa shape index (κ1) is 18.5. The van der Waals surface area contributed by atoms with Crippen molar-refractivity contribution in [3.05, 3.63) is 46.8 Å². The highest BCUT2D eigenvalue weighted by molar-refractivity contribution is 5.97. The van der Waals surface area contributed by atoms with E-state index in [2.05, 4.69) is 12.3 Å². The first-order chi connectivity index (χ1) is 13.5. The maximum absolute atomic E-state index is 13.2. The quantitative estimate of drug-likeness (QED) is 0.814. The number of nitriles is 1. The predicted molar refractivity (Wildman–Crippen MR) is 102 cm³/mol. The topological polar surface area (TPSA) is 80.4 Å². The van der Waals surface area contributed by atoms with Crippen molar-refractivity contribution in [2.45, 2.75) is 51.9 Å². The van der Waals surface area contributed by atoms with Gasteiger partial charge in [0.15, 0.2) is 0 Å². The Bertz CT molecular complexity index is 899. The van der Waals surface area contributed by atoms with E-state index in [0.29, 0.717) is 36.0 Å². The van der Waals surface area contributed by atoms with Crippen LogP contribution in [-0.2, 0) is 17.8 Å². The molecule has 28 heavy (non-hydrogen) atoms. The van der Waals surface area contributed by atoms with Gasteiger partial charge in [-0.15, -0.1) is 0 Å². The van der Waals surface area contributed by atoms with Crippen LogP contribution in [0.25, 0.3) is 0 Å². The Hall–Kier alpha value is -2.85. The third-order valence-electron chi connectivity index (χ3n) is 5.15. The fourth-order valence-electron chi connectivity index (χ4n) is 3.75. The van der Waals surface area contributed by atoms with Crippen LogP contribution in [-0.4, -0.2) is 39.9 Å². The van der Waals surface area contributed by atoms with Crippen molar-refractivity contribution in [3.8, 4) is 11.8 Å². The minimum absolute atomic E-state index is 0.0578. The second-order valence-electron chi connectivity index (χ2n) is 7.58. The molecule has 146 valence electrons. The molecule has 1 aromatic carbocycles. The normalized spacial score (nSPS) is 16.9. The third-order valence-corrected chi connectivity index (χ3v) is 5.15. The summed E-state index contributed by atoms with van der Waals surface area (Å²) in [5, 5.41) is 13.9. The zero-order chi connectivity index (χ0) is 19.7. The minimum atomic E-state index is -0.136. The van der Waals surface area contributed by atoms with Gasteiger partial charge in [0.2, 0.25) is 0 Å². The summed E-state index contributed by atoms with van der Waals surface area (Å²) in [4.78, 5) is 14.9. The molecule has 0 radical (unpaired) electrons. The molecule has 1 fully saturated rings. The van der Waals surface area contributed by atoms with Crippen LogP contribution in [0.3, 0.4) is 0 Å². The summed E-state index contributed by atoms with van der Waals surface area (Å²) in [6, 6.07) is 7.46. The summed E-state index contributed by atoms with van der Waals surface area (Å²) >= 11 is 0. The summed E-state index contributed by atoms with van der Waals surface area (Å²) in [5.74, 6) is 0.374. The molecule has 0 bridgehead atoms. The molecule has 1 aromatic heterocycles. The number of hydrogen-bond donors (Lipinski definition) is 0. The van der Waals surface area contributed by atoms with Crippen LogP contribution < -0.4 is 4.74 Å². The van der Waals surface area contributed by atoms with E-state index >= 15 is 0 Å². The van der Waals surface area contributed by atoms with Crippen LogP contribution in [0, 0.1) is 11.3 Å². The second-order valence-corrected chi connectivity index (χ2v) is 7.58. The lowest BCUT2D eigenvalue weighted by atomic mass is 10.1. The van der Waals surface area contributed by atoms with E-state index < -0.39 is 0 Å². The molecule has 1 amide bonds. The van der Waals surface area contributed by atoms with Crippen LogP contribution in [0.2, 0.25) is 0 Å². The van der Waals surface area contributed by atoms with Crippen LogP contribution in [0.4, 0.5) is 0 Å². The minimum Gasteiger partial charge on any atom is -0.490 e. The molecule has 0 N–H and O–H groups in total. The van der Waals surface area contributed by atoms with Crippen molar-refractivity contribution in [1.82, 2.24) is 14.7 Å². The molecule has 7 heteroatoms. The summed E-state index contributed by atoms with van der Waals surface area (Å²) < 4.78 is 13.3. The average Bonchev–Trinajstić information content (AvgIpc) is 3.27. The van der Waals surface area contributed by atoms with Gasteiger partial charge in [-0.3, -0.25) is 9.48 Å². The number of benzene rings is 1. The molecule has 4 rings (SSSR count). The molecule has 7 nitrogen and oxygen atoms in total. The molecule has 2 aromatic rings. The van der Waals surface area contributed by atoms with Gasteiger partial charge in [0, 0.05) is 31.5 Å². The number of aromatic nitrogens is 2. The number of nitrogens with zero attached hydrogens (tertiary/aromatic N) is 4. The monoisotopic (exact) mass is 380 g/mol. The maximum Gasteiger partial charge on any atom is 0.258 e. The number of amides is 1. The van der Waals surface area contributed by atoms with Crippen LogP contribution >= 0.6 is 0 Å². The Kier molecular flexibility index (Phi) is 5.05. The van der Waals surface area contributed by atoms with Gasteiger partial charge >= 0.3 is 0 Å². The van der Waals surface area contributed by atoms with Gasteiger partial charge in [-0.1, -0.05) is 0 Å². The van der Waals surface area contributed by atoms with E-state index in [1.807, 2.05) is 18.5 Å². The highest BCUT2D eigenvalue weighted by Crippen LogP contribution is 2.30. The maximum atomic E-state index is 13.2. The largest absolute Gasteiger partial charge is 0.490 e. The van der Waals surface area contributed by atoms with Crippen molar-refractivity contribution >= 4 is 5.91 Å². The number of carbonyl (C=O) groups excluding carboxylic acids is 1. The Morgan fingerprint density at radius 3 is 2.79 bits per heavy atom. The third kappa shape index (κ3) is 3.60. The molecular weight excluding hydrogens is 356 g/mol. The molecular formula is C21H24N4O3. The fourth-order valence-corrected chi connectivity index (χ4v) is 3.75. The Morgan fingerprint density at radius 2 is 2.11 bits per heavy atom. The molecule has 2 aliphatic rings. The second kappa shape index (κ2) is 7.64. The standard InChI is InChI=1S/C21H24N4O3/c1-14(2)28-20-4-3-15(10-22)9-18(20)21(26)24-11-16-12-25(23-19(16)13-24)17-5-7-27-8-6-17/h3-4,9,12,14,17H,5-8,11,13H2,1-2H3. The SMILES string of the molecule is CC(C)Oc1ccc(C#N)cc1C(=O)N1Cc2cn(C3CCOCC3)nc2C1. The first-order valence-corrected chi connectivity index (χ1v) is 9.70. The summed E-state index contributed by atoms with van der Waals surface area (Å²) in [6.07, 6.45) is 3.95. The highest BCUT2D eigenvalue weighted by Gasteiger charge is 2.30. The zero-order valence-electron chi connectivity index (χ0n) is 16.2. The molecule has 2 aliphatic heterocycles. The van der Waals surface area contributed by atoms with E-state index in [4.69, 9.17) is 14.6 Å². The Morgan fingerprint density at radius 1 is 1.32 bits per heavy atom. The molecule has 0 aliphatic carbocycles. The van der Waals surface area contributed by atoms with Gasteiger partial charge in [0.1, 0.15) is 5.75 Å². The van der Waals surface area contributed by atoms with Crippen molar-refractivity contribution in [2.24, 2.45) is 0 Å². The molecule has 1 saturated heterocycles. The smallest absolute Gasteiger partial charge is 0.258 e. The van der Waals surface area contributed by atoms with Crippen molar-refractivity contribution in [2.75, 3.05) is 13.2 Å². The van der Waals surface area contributed by atoms with E-state index in [1.165, 1.54) is 0 Å². The van der Waals surface area contributed by atoms with Gasteiger partial charge in [0.05, 0.1) is 41.6 Å². The van der Waals surface area contributed by atoms with Gasteiger partial charge in [0.25, 0.3) is 5.91 Å². The number of ether oxygens (including phenoxy) is 2. The highest BCUT2D eigenvalue weighted by atomic mass is 16.5. The molecule has 0 spiro atoms. The van der Waals surface area contributed by atoms with Gasteiger partial charge < -0.3 is 14.4 Å². The molecule has 0 unspecified atom stereocenters. The van der Waals surface area contributed by atoms with E-state index in [0.717, 1.165) is 37.3 Å². The molecule has 3 heterocycles. The summed E-state index contributed by atoms with van der Waals surface area (Å²) in [7, 11) is 0. The lowest BCUT2D eigenvalue weighted by Crippen LogP contribution is -2.27. The lowest BCUT2D eigenvalue weighted by Gasteiger charge is -2.23. The summed E-state index contributed by atoms with van der Waals surface area (Å²) in [5.41, 5.74) is 2.90. The average molecular weight is 380 g/mol. The van der Waals surface area contributed by atoms with Gasteiger partial charge in [-0.2, -0.15) is 10.4 Å². The van der Waals surface area contributed by atoms with Crippen LogP contribution in [0.5, 0.6) is 5.75 Å². The zero-order valence-corrected chi connectivity index (χ0v) is 16.2. The number of hydrogen-bond acceptors (Lipinski definition) is 5. The van der Waals surface area contributed by atoms with E-state index in [9.17, 15) is 10.1 Å². The number of rotatable bonds is 4. The van der Waals surface area contributed by atoms with Gasteiger partial charge in [-0.05, 0) is 44.9 Å². The van der Waals surface area contributed by atoms with E-state index in [1.54, 1.807) is 23.1 Å². The summed E-state index contributed by atoms with van der Waals surface area (Å²) in [6.45, 7) is 6.37. The van der Waals surface area contributed by atoms with Crippen molar-refractivity contribution in [1.29, 1.82) is 5.26 Å². The molecule has 0 saturated carbocycles. The fraction of sp³-hybridized carbons (Fsp3) is 0.476. The number of carbonyl (C=O) groups is 1. The van der Waals surface area contributed by atoms with E-state index in [-0.39, 0.29) is 12.0 Å². The number of fused-ring (bicyclic) bond motifs is 1. The van der Waals surface area contributed by atoms with Crippen LogP contribution in [0.1, 0.15) is 59.9 Å². The molecule has 0 atom stereocenters. The van der Waals surface area contributed by atoms with Crippen molar-refractivity contribution < 1.29 is 14.3 Å². The van der Waals surface area contributed by atoms with Crippen LogP contribution in [0.15, 0.2) is 24.4 Å². The van der Waals surface area contributed by atoms with Crippen molar-refractivity contribution in [3.63, 3.8) is 0 Å². The first-order valence-electron chi connectivity index (χ1n) is 9.70. The Labute approximate surface area is 164 Å². The Balaban J connectivity index is 1.53. The van der Waals surface area contributed by atoms with Gasteiger partial charge in [-0.25, -0.2) is 0 Å². The lowest BCUT2D eigenvalue weighted by molar-refractivity contribution is 0.0655.